The molecule has 0 saturated carbocycles. The standard InChI is InChI=1S/C13H9ClN4O2/c14-12-11(5-6-20-12)13(19)17-9-1-3-10(4-2-9)18-8-15-7-16-18/h1-8H,(H,17,19). The van der Waals surface area contributed by atoms with Gasteiger partial charge in [-0.25, -0.2) is 9.67 Å². The highest BCUT2D eigenvalue weighted by atomic mass is 35.5. The first-order valence-corrected chi connectivity index (χ1v) is 6.11. The molecule has 3 rings (SSSR count). The van der Waals surface area contributed by atoms with Crippen molar-refractivity contribution in [2.24, 2.45) is 0 Å². The summed E-state index contributed by atoms with van der Waals surface area (Å²) < 4.78 is 6.50. The fourth-order valence-corrected chi connectivity index (χ4v) is 1.89. The van der Waals surface area contributed by atoms with Gasteiger partial charge in [-0.15, -0.1) is 0 Å². The van der Waals surface area contributed by atoms with Crippen molar-refractivity contribution in [3.05, 3.63) is 60.0 Å². The van der Waals surface area contributed by atoms with Crippen LogP contribution in [-0.4, -0.2) is 20.7 Å². The van der Waals surface area contributed by atoms with E-state index >= 15 is 0 Å². The van der Waals surface area contributed by atoms with Crippen molar-refractivity contribution >= 4 is 23.2 Å². The molecule has 0 aliphatic carbocycles. The molecular weight excluding hydrogens is 280 g/mol. The Hall–Kier alpha value is -2.60. The molecule has 0 aliphatic heterocycles. The molecule has 2 heterocycles. The number of furan rings is 1. The van der Waals surface area contributed by atoms with Crippen LogP contribution in [0.4, 0.5) is 5.69 Å². The minimum Gasteiger partial charge on any atom is -0.452 e. The summed E-state index contributed by atoms with van der Waals surface area (Å²) in [6.07, 6.45) is 4.42. The monoisotopic (exact) mass is 288 g/mol. The average molecular weight is 289 g/mol. The Morgan fingerprint density at radius 2 is 2.05 bits per heavy atom. The smallest absolute Gasteiger partial charge is 0.260 e. The zero-order valence-corrected chi connectivity index (χ0v) is 10.9. The average Bonchev–Trinajstić information content (AvgIpc) is 3.10. The van der Waals surface area contributed by atoms with Gasteiger partial charge < -0.3 is 9.73 Å². The number of benzene rings is 1. The summed E-state index contributed by atoms with van der Waals surface area (Å²) in [5.74, 6) is -0.322. The third-order valence-corrected chi connectivity index (χ3v) is 2.96. The molecule has 20 heavy (non-hydrogen) atoms. The van der Waals surface area contributed by atoms with Gasteiger partial charge in [-0.05, 0) is 41.9 Å². The fourth-order valence-electron chi connectivity index (χ4n) is 1.69. The van der Waals surface area contributed by atoms with E-state index in [2.05, 4.69) is 15.4 Å². The van der Waals surface area contributed by atoms with Gasteiger partial charge in [0.2, 0.25) is 5.22 Å². The summed E-state index contributed by atoms with van der Waals surface area (Å²) in [7, 11) is 0. The molecule has 0 saturated heterocycles. The number of carbonyl (C=O) groups excluding carboxylic acids is 1. The normalized spacial score (nSPS) is 10.4. The van der Waals surface area contributed by atoms with Gasteiger partial charge >= 0.3 is 0 Å². The molecule has 0 atom stereocenters. The summed E-state index contributed by atoms with van der Waals surface area (Å²) >= 11 is 5.75. The molecule has 0 fully saturated rings. The van der Waals surface area contributed by atoms with Crippen molar-refractivity contribution in [3.63, 3.8) is 0 Å². The molecule has 100 valence electrons. The maximum absolute atomic E-state index is 11.9. The largest absolute Gasteiger partial charge is 0.452 e. The maximum Gasteiger partial charge on any atom is 0.260 e. The first-order valence-electron chi connectivity index (χ1n) is 5.73. The van der Waals surface area contributed by atoms with Gasteiger partial charge in [0.15, 0.2) is 0 Å². The quantitative estimate of drug-likeness (QED) is 0.804. The van der Waals surface area contributed by atoms with Crippen LogP contribution < -0.4 is 5.32 Å². The lowest BCUT2D eigenvalue weighted by Crippen LogP contribution is -2.11. The Labute approximate surface area is 119 Å². The van der Waals surface area contributed by atoms with E-state index in [4.69, 9.17) is 16.0 Å². The molecule has 0 spiro atoms. The lowest BCUT2D eigenvalue weighted by Gasteiger charge is -2.05. The number of aromatic nitrogens is 3. The second-order valence-electron chi connectivity index (χ2n) is 3.95. The van der Waals surface area contributed by atoms with E-state index in [0.717, 1.165) is 5.69 Å². The number of hydrogen-bond donors (Lipinski definition) is 1. The molecule has 2 aromatic heterocycles. The lowest BCUT2D eigenvalue weighted by atomic mass is 10.2. The predicted octanol–water partition coefficient (Wildman–Crippen LogP) is 2.77. The minimum absolute atomic E-state index is 0.0711. The zero-order valence-electron chi connectivity index (χ0n) is 10.2. The summed E-state index contributed by atoms with van der Waals surface area (Å²) in [4.78, 5) is 15.8. The first kappa shape index (κ1) is 12.4. The molecule has 1 N–H and O–H groups in total. The van der Waals surface area contributed by atoms with Crippen molar-refractivity contribution < 1.29 is 9.21 Å². The number of rotatable bonds is 3. The van der Waals surface area contributed by atoms with E-state index in [1.807, 2.05) is 12.1 Å². The summed E-state index contributed by atoms with van der Waals surface area (Å²) in [6, 6.07) is 8.69. The van der Waals surface area contributed by atoms with Crippen LogP contribution in [0.2, 0.25) is 5.22 Å². The van der Waals surface area contributed by atoms with Crippen LogP contribution in [0.15, 0.2) is 53.7 Å². The number of hydrogen-bond acceptors (Lipinski definition) is 4. The van der Waals surface area contributed by atoms with E-state index in [-0.39, 0.29) is 11.1 Å². The summed E-state index contributed by atoms with van der Waals surface area (Å²) in [6.45, 7) is 0. The highest BCUT2D eigenvalue weighted by Gasteiger charge is 2.12. The molecule has 3 aromatic rings. The van der Waals surface area contributed by atoms with E-state index in [1.165, 1.54) is 18.7 Å². The SMILES string of the molecule is O=C(Nc1ccc(-n2cncn2)cc1)c1ccoc1Cl. The maximum atomic E-state index is 11.9. The topological polar surface area (TPSA) is 73.0 Å². The number of carbonyl (C=O) groups is 1. The van der Waals surface area contributed by atoms with Gasteiger partial charge in [-0.3, -0.25) is 4.79 Å². The van der Waals surface area contributed by atoms with Crippen molar-refractivity contribution in [1.82, 2.24) is 14.8 Å². The van der Waals surface area contributed by atoms with E-state index in [0.29, 0.717) is 11.3 Å². The zero-order chi connectivity index (χ0) is 13.9. The third-order valence-electron chi connectivity index (χ3n) is 2.67. The van der Waals surface area contributed by atoms with Crippen LogP contribution in [0.25, 0.3) is 5.69 Å². The van der Waals surface area contributed by atoms with Gasteiger partial charge in [0, 0.05) is 5.69 Å². The van der Waals surface area contributed by atoms with Gasteiger partial charge in [-0.1, -0.05) is 0 Å². The minimum atomic E-state index is -0.322. The van der Waals surface area contributed by atoms with E-state index < -0.39 is 0 Å². The predicted molar refractivity (Wildman–Crippen MR) is 73.0 cm³/mol. The van der Waals surface area contributed by atoms with Crippen LogP contribution in [0.1, 0.15) is 10.4 Å². The second-order valence-corrected chi connectivity index (χ2v) is 4.29. The second kappa shape index (κ2) is 5.18. The van der Waals surface area contributed by atoms with Crippen LogP contribution >= 0.6 is 11.6 Å². The van der Waals surface area contributed by atoms with Gasteiger partial charge in [0.25, 0.3) is 5.91 Å². The fraction of sp³-hybridized carbons (Fsp3) is 0. The van der Waals surface area contributed by atoms with Gasteiger partial charge in [-0.2, -0.15) is 5.10 Å². The number of amides is 1. The molecule has 0 unspecified atom stereocenters. The Balaban J connectivity index is 1.76. The first-order chi connectivity index (χ1) is 9.74. The van der Waals surface area contributed by atoms with Gasteiger partial charge in [0.1, 0.15) is 12.7 Å². The Morgan fingerprint density at radius 1 is 1.25 bits per heavy atom. The van der Waals surface area contributed by atoms with Crippen molar-refractivity contribution in [3.8, 4) is 5.69 Å². The van der Waals surface area contributed by atoms with E-state index in [1.54, 1.807) is 23.1 Å². The van der Waals surface area contributed by atoms with Crippen molar-refractivity contribution in [2.75, 3.05) is 5.32 Å². The number of nitrogens with zero attached hydrogens (tertiary/aromatic N) is 3. The molecule has 6 nitrogen and oxygen atoms in total. The van der Waals surface area contributed by atoms with Crippen LogP contribution in [0.5, 0.6) is 0 Å². The number of anilines is 1. The van der Waals surface area contributed by atoms with Crippen LogP contribution in [-0.2, 0) is 0 Å². The van der Waals surface area contributed by atoms with Crippen LogP contribution in [0, 0.1) is 0 Å². The number of nitrogens with one attached hydrogen (secondary N) is 1. The number of halogens is 1. The summed E-state index contributed by atoms with van der Waals surface area (Å²) in [5.41, 5.74) is 1.80. The third kappa shape index (κ3) is 2.41. The molecule has 7 heteroatoms. The highest BCUT2D eigenvalue weighted by Crippen LogP contribution is 2.19. The van der Waals surface area contributed by atoms with Gasteiger partial charge in [0.05, 0.1) is 17.5 Å². The molecule has 0 radical (unpaired) electrons. The molecule has 1 aromatic carbocycles. The van der Waals surface area contributed by atoms with Crippen molar-refractivity contribution in [2.45, 2.75) is 0 Å². The Bertz CT molecular complexity index is 719. The summed E-state index contributed by atoms with van der Waals surface area (Å²) in [5, 5.41) is 6.82. The lowest BCUT2D eigenvalue weighted by molar-refractivity contribution is 0.102. The molecule has 0 aliphatic rings. The Kier molecular flexibility index (Phi) is 3.22. The molecule has 1 amide bonds. The highest BCUT2D eigenvalue weighted by molar-refractivity contribution is 6.32. The van der Waals surface area contributed by atoms with E-state index in [9.17, 15) is 4.79 Å². The molecular formula is C13H9ClN4O2. The Morgan fingerprint density at radius 3 is 2.65 bits per heavy atom. The van der Waals surface area contributed by atoms with Crippen molar-refractivity contribution in [1.29, 1.82) is 0 Å². The van der Waals surface area contributed by atoms with Crippen LogP contribution in [0.3, 0.4) is 0 Å². The molecule has 0 bridgehead atoms.